The Kier molecular flexibility index (Phi) is 10.4. The van der Waals surface area contributed by atoms with Gasteiger partial charge in [0.15, 0.2) is 0 Å². The van der Waals surface area contributed by atoms with Crippen molar-refractivity contribution < 1.29 is 0 Å². The normalized spacial score (nSPS) is 16.0. The Balaban J connectivity index is 0.684. The molecule has 426 valence electrons. The third kappa shape index (κ3) is 7.07. The predicted octanol–water partition coefficient (Wildman–Crippen LogP) is 25.0. The van der Waals surface area contributed by atoms with E-state index in [2.05, 4.69) is 296 Å². The average molecular weight is 1200 g/mol. The van der Waals surface area contributed by atoms with Crippen molar-refractivity contribution in [1.29, 1.82) is 0 Å². The van der Waals surface area contributed by atoms with Crippen LogP contribution in [-0.4, -0.2) is 0 Å². The molecular weight excluding hydrogens is 1130 g/mol. The first-order valence-corrected chi connectivity index (χ1v) is 33.8. The lowest BCUT2D eigenvalue weighted by atomic mass is 9.65. The highest BCUT2D eigenvalue weighted by Crippen LogP contribution is 2.63. The highest BCUT2D eigenvalue weighted by atomic mass is 32.1. The first-order chi connectivity index (χ1) is 43.1. The molecule has 0 bridgehead atoms. The summed E-state index contributed by atoms with van der Waals surface area (Å²) in [6, 6.07) is 89.2. The van der Waals surface area contributed by atoms with E-state index in [0.717, 1.165) is 0 Å². The number of thiophene rings is 3. The molecule has 0 spiro atoms. The Bertz CT molecular complexity index is 5150. The minimum absolute atomic E-state index is 0.192. The monoisotopic (exact) mass is 1190 g/mol. The predicted molar refractivity (Wildman–Crippen MR) is 385 cm³/mol. The second-order valence-electron chi connectivity index (χ2n) is 27.7. The molecule has 89 heavy (non-hydrogen) atoms. The third-order valence-corrected chi connectivity index (χ3v) is 24.8. The van der Waals surface area contributed by atoms with Gasteiger partial charge in [-0.15, -0.1) is 34.0 Å². The smallest absolute Gasteiger partial charge is 0.0544 e. The number of para-hydroxylation sites is 4. The molecule has 0 atom stereocenters. The topological polar surface area (TPSA) is 6.48 Å². The molecule has 0 N–H and O–H groups in total. The van der Waals surface area contributed by atoms with Gasteiger partial charge in [0.2, 0.25) is 0 Å². The molecule has 0 aliphatic carbocycles. The maximum Gasteiger partial charge on any atom is 0.0544 e. The Labute approximate surface area is 531 Å². The Morgan fingerprint density at radius 2 is 0.416 bits per heavy atom. The Hall–Kier alpha value is -9.10. The fourth-order valence-corrected chi connectivity index (χ4v) is 19.7. The van der Waals surface area contributed by atoms with Gasteiger partial charge in [0.25, 0.3) is 0 Å². The summed E-state index contributed by atoms with van der Waals surface area (Å²) < 4.78 is 7.90. The van der Waals surface area contributed by atoms with E-state index in [4.69, 9.17) is 0 Å². The summed E-state index contributed by atoms with van der Waals surface area (Å²) in [4.78, 5) is 5.11. The van der Waals surface area contributed by atoms with Gasteiger partial charge in [0.1, 0.15) is 0 Å². The van der Waals surface area contributed by atoms with Crippen molar-refractivity contribution in [3.63, 3.8) is 0 Å². The number of hydrogen-bond donors (Lipinski definition) is 0. The molecule has 0 radical (unpaired) electrons. The van der Waals surface area contributed by atoms with Crippen LogP contribution in [0.3, 0.4) is 0 Å². The molecule has 4 aliphatic rings. The first-order valence-electron chi connectivity index (χ1n) is 31.4. The van der Waals surface area contributed by atoms with E-state index in [0.29, 0.717) is 0 Å². The fourth-order valence-electron chi connectivity index (χ4n) is 16.5. The van der Waals surface area contributed by atoms with Gasteiger partial charge < -0.3 is 9.80 Å². The maximum atomic E-state index is 2.56. The van der Waals surface area contributed by atoms with Gasteiger partial charge in [-0.1, -0.05) is 165 Å². The van der Waals surface area contributed by atoms with E-state index in [9.17, 15) is 0 Å². The molecule has 2 nitrogen and oxygen atoms in total. The molecule has 7 heterocycles. The number of nitrogens with zero attached hydrogens (tertiary/aromatic N) is 2. The quantitative estimate of drug-likeness (QED) is 0.173. The Morgan fingerprint density at radius 1 is 0.213 bits per heavy atom. The summed E-state index contributed by atoms with van der Waals surface area (Å²) in [5.41, 5.74) is 28.1. The van der Waals surface area contributed by atoms with Gasteiger partial charge in [0, 0.05) is 82.2 Å². The minimum Gasteiger partial charge on any atom is -0.309 e. The zero-order valence-corrected chi connectivity index (χ0v) is 53.5. The molecule has 0 saturated heterocycles. The Morgan fingerprint density at radius 3 is 0.640 bits per heavy atom. The van der Waals surface area contributed by atoms with Crippen LogP contribution >= 0.6 is 34.0 Å². The lowest BCUT2D eigenvalue weighted by Gasteiger charge is -2.49. The molecule has 0 fully saturated rings. The fraction of sp³-hybridized carbons (Fsp3) is 0.143. The van der Waals surface area contributed by atoms with Crippen LogP contribution in [0.25, 0.3) is 105 Å². The van der Waals surface area contributed by atoms with Gasteiger partial charge in [-0.05, 0) is 210 Å². The molecule has 15 aromatic rings. The number of rotatable bonds is 4. The van der Waals surface area contributed by atoms with Crippen LogP contribution in [0, 0.1) is 0 Å². The average Bonchev–Trinajstić information content (AvgIpc) is 1.47. The van der Waals surface area contributed by atoms with Crippen molar-refractivity contribution >= 4 is 129 Å². The molecular formula is C84H62N2S3. The summed E-state index contributed by atoms with van der Waals surface area (Å²) in [7, 11) is 0. The zero-order valence-electron chi connectivity index (χ0n) is 51.1. The zero-order chi connectivity index (χ0) is 59.8. The molecule has 4 aliphatic heterocycles. The number of fused-ring (bicyclic) bond motifs is 17. The van der Waals surface area contributed by atoms with E-state index in [-0.39, 0.29) is 21.7 Å². The molecule has 12 aromatic carbocycles. The molecule has 0 saturated carbocycles. The number of hydrogen-bond acceptors (Lipinski definition) is 5. The highest BCUT2D eigenvalue weighted by molar-refractivity contribution is 7.26. The van der Waals surface area contributed by atoms with Crippen molar-refractivity contribution in [3.8, 4) is 44.5 Å². The standard InChI is InChI=1S/C84H62N2S3/c1-81(2)61-17-9-13-21-69(61)85-70-22-14-10-18-62(70)82(3,4)66-44-53(43-65(81)79(66)85)51-29-35-77-59(41-51)57-39-49(27-33-75(57)88-77)47-25-31-73-55(37-47)56-38-48(26-32-74(56)87-73)50-28-34-76-58(40-50)60-42-52(30-36-78(60)89-76)54-45-67-80-68(46-54)84(7,8)64-20-12-16-24-72(64)86(80)71-23-15-11-19-63(71)83(67,5)6/h9-46H,1-8H3. The van der Waals surface area contributed by atoms with Gasteiger partial charge >= 0.3 is 0 Å². The van der Waals surface area contributed by atoms with Crippen molar-refractivity contribution in [2.24, 2.45) is 0 Å². The van der Waals surface area contributed by atoms with Crippen LogP contribution in [0.5, 0.6) is 0 Å². The number of anilines is 6. The second-order valence-corrected chi connectivity index (χ2v) is 30.9. The first kappa shape index (κ1) is 51.9. The van der Waals surface area contributed by atoms with Gasteiger partial charge in [-0.25, -0.2) is 0 Å². The van der Waals surface area contributed by atoms with Crippen LogP contribution in [0.2, 0.25) is 0 Å². The lowest BCUT2D eigenvalue weighted by molar-refractivity contribution is 0.597. The second kappa shape index (κ2) is 17.8. The van der Waals surface area contributed by atoms with Crippen molar-refractivity contribution in [3.05, 3.63) is 275 Å². The van der Waals surface area contributed by atoms with Gasteiger partial charge in [0.05, 0.1) is 34.1 Å². The van der Waals surface area contributed by atoms with Gasteiger partial charge in [-0.3, -0.25) is 0 Å². The van der Waals surface area contributed by atoms with Crippen molar-refractivity contribution in [2.45, 2.75) is 77.0 Å². The highest BCUT2D eigenvalue weighted by Gasteiger charge is 2.47. The molecule has 19 rings (SSSR count). The summed E-state index contributed by atoms with van der Waals surface area (Å²) in [6.45, 7) is 19.3. The molecule has 0 amide bonds. The maximum absolute atomic E-state index is 2.56. The summed E-state index contributed by atoms with van der Waals surface area (Å²) in [6.07, 6.45) is 0. The summed E-state index contributed by atoms with van der Waals surface area (Å²) >= 11 is 5.69. The SMILES string of the molecule is CC1(C)c2ccccc2N2c3ccccc3C(C)(C)c3cc(-c4ccc5sc6ccc(-c7ccc8sc9ccc(-c%10ccc%11sc%12ccc(-c%13cc%14c%15c(c%13)C(C)(C)c%13ccccc%13N%15c%13ccccc%13C%14(C)C)cc%12c%11c%10)cc9c8c7)cc6c5c4)cc1c32. The van der Waals surface area contributed by atoms with Crippen molar-refractivity contribution in [1.82, 2.24) is 0 Å². The van der Waals surface area contributed by atoms with Crippen LogP contribution in [-0.2, 0) is 21.7 Å². The summed E-state index contributed by atoms with van der Waals surface area (Å²) in [5, 5.41) is 7.88. The van der Waals surface area contributed by atoms with E-state index < -0.39 is 0 Å². The van der Waals surface area contributed by atoms with Crippen LogP contribution in [0.15, 0.2) is 231 Å². The largest absolute Gasteiger partial charge is 0.309 e. The minimum atomic E-state index is -0.192. The van der Waals surface area contributed by atoms with E-state index >= 15 is 0 Å². The van der Waals surface area contributed by atoms with Crippen molar-refractivity contribution in [2.75, 3.05) is 9.80 Å². The van der Waals surface area contributed by atoms with Crippen LogP contribution in [0.4, 0.5) is 34.1 Å². The van der Waals surface area contributed by atoms with Crippen LogP contribution < -0.4 is 9.80 Å². The van der Waals surface area contributed by atoms with E-state index in [1.54, 1.807) is 0 Å². The summed E-state index contributed by atoms with van der Waals surface area (Å²) in [5.74, 6) is 0. The number of benzene rings is 12. The lowest BCUT2D eigenvalue weighted by Crippen LogP contribution is -2.38. The van der Waals surface area contributed by atoms with Gasteiger partial charge in [-0.2, -0.15) is 0 Å². The third-order valence-electron chi connectivity index (χ3n) is 21.4. The van der Waals surface area contributed by atoms with Crippen LogP contribution in [0.1, 0.15) is 99.9 Å². The molecule has 0 unspecified atom stereocenters. The van der Waals surface area contributed by atoms with E-state index in [1.165, 1.54) is 184 Å². The molecule has 5 heteroatoms. The molecule has 3 aromatic heterocycles. The van der Waals surface area contributed by atoms with E-state index in [1.807, 2.05) is 34.0 Å².